The normalized spacial score (nSPS) is 41.5. The molecule has 342 valence electrons. The lowest BCUT2D eigenvalue weighted by Crippen LogP contribution is -2.65. The van der Waals surface area contributed by atoms with Crippen LogP contribution in [0.15, 0.2) is 42.5 Å². The van der Waals surface area contributed by atoms with Crippen molar-refractivity contribution in [3.8, 4) is 0 Å². The van der Waals surface area contributed by atoms with Crippen molar-refractivity contribution in [2.45, 2.75) is 199 Å². The molecule has 0 radical (unpaired) electrons. The highest BCUT2D eigenvalue weighted by Crippen LogP contribution is 2.54. The standard InChI is InChI=1S/C49H75NO11/c1-11-35(45(54)55)37-20-19-28(4)42(58-37)32(8)40(51)31(7)41(52)36(12-2)43-29(5)27-30(6)48(59-43)24-21-38(50-44(53)34-17-15-14-16-18-34)49(61-48)26-25-46(10,60-49)39-22-23-47(56,13-3)33(9)57-39/h14-18,21,24,28-33,35-40,42-43,51,56H,11-13,19-20,22-23,25-27H2,1-10H3,(H,50,53)(H,54,55)/t28-,29-,30+,31-,32-,33-,35?,36-,37+,38?,39+,40+,42+,43-,46-,47+,48-,49-/m0/s1. The molecule has 1 amide bonds. The van der Waals surface area contributed by atoms with Crippen LogP contribution in [0.1, 0.15) is 144 Å². The van der Waals surface area contributed by atoms with Crippen LogP contribution in [0.5, 0.6) is 0 Å². The van der Waals surface area contributed by atoms with E-state index < -0.39 is 89.0 Å². The van der Waals surface area contributed by atoms with E-state index in [9.17, 15) is 29.7 Å². The maximum Gasteiger partial charge on any atom is 0.309 e. The van der Waals surface area contributed by atoms with Crippen LogP contribution in [0.4, 0.5) is 0 Å². The maximum atomic E-state index is 14.7. The monoisotopic (exact) mass is 854 g/mol. The first-order valence-electron chi connectivity index (χ1n) is 23.4. The van der Waals surface area contributed by atoms with Crippen molar-refractivity contribution < 1.29 is 53.4 Å². The van der Waals surface area contributed by atoms with Crippen LogP contribution in [-0.2, 0) is 33.3 Å². The molecule has 1 aromatic carbocycles. The highest BCUT2D eigenvalue weighted by molar-refractivity contribution is 5.94. The number of benzene rings is 1. The van der Waals surface area contributed by atoms with E-state index in [1.54, 1.807) is 19.1 Å². The minimum atomic E-state index is -1.34. The summed E-state index contributed by atoms with van der Waals surface area (Å²) in [4.78, 5) is 40.4. The molecule has 2 unspecified atom stereocenters. The van der Waals surface area contributed by atoms with E-state index in [0.29, 0.717) is 63.4 Å². The Morgan fingerprint density at radius 2 is 1.56 bits per heavy atom. The van der Waals surface area contributed by atoms with Gasteiger partial charge in [0.15, 0.2) is 11.6 Å². The Balaban J connectivity index is 1.25. The average Bonchev–Trinajstić information content (AvgIpc) is 3.58. The van der Waals surface area contributed by atoms with Crippen LogP contribution < -0.4 is 5.32 Å². The van der Waals surface area contributed by atoms with Gasteiger partial charge in [-0.25, -0.2) is 0 Å². The fourth-order valence-electron chi connectivity index (χ4n) is 11.5. The summed E-state index contributed by atoms with van der Waals surface area (Å²) in [5, 5.41) is 36.2. The first-order valence-corrected chi connectivity index (χ1v) is 23.4. The summed E-state index contributed by atoms with van der Waals surface area (Å²) in [6.45, 7) is 19.7. The zero-order chi connectivity index (χ0) is 44.7. The third-order valence-corrected chi connectivity index (χ3v) is 15.8. The minimum absolute atomic E-state index is 0.0200. The van der Waals surface area contributed by atoms with E-state index in [1.165, 1.54) is 0 Å². The van der Waals surface area contributed by atoms with E-state index in [1.807, 2.05) is 71.9 Å². The van der Waals surface area contributed by atoms with Crippen molar-refractivity contribution in [2.75, 3.05) is 0 Å². The molecule has 12 nitrogen and oxygen atoms in total. The highest BCUT2D eigenvalue weighted by Gasteiger charge is 2.63. The van der Waals surface area contributed by atoms with Crippen molar-refractivity contribution in [1.82, 2.24) is 5.32 Å². The fourth-order valence-corrected chi connectivity index (χ4v) is 11.5. The number of nitrogens with one attached hydrogen (secondary N) is 1. The topological polar surface area (TPSA) is 170 Å². The SMILES string of the molecule is CCC(C(=O)O)[C@H]1CC[C@H](C)[C@H]([C@@H](C)[C@H](O)[C@H](C)C(=O)[C@H](CC)[C@H]2O[C@]3(C=CC(NC(=O)c4ccccc4)[C@]4(CC[C@@](C)([C@H]5CC[C@](O)(CC)[C@H](C)O5)O4)O3)[C@H](C)C[C@@H]2C)O1. The molecule has 5 aliphatic heterocycles. The molecule has 0 aromatic heterocycles. The van der Waals surface area contributed by atoms with Crippen molar-refractivity contribution in [3.63, 3.8) is 0 Å². The Bertz CT molecular complexity index is 1720. The highest BCUT2D eigenvalue weighted by atomic mass is 16.8. The largest absolute Gasteiger partial charge is 0.481 e. The summed E-state index contributed by atoms with van der Waals surface area (Å²) in [7, 11) is 0. The zero-order valence-corrected chi connectivity index (χ0v) is 38.3. The van der Waals surface area contributed by atoms with Gasteiger partial charge in [0.25, 0.3) is 5.91 Å². The van der Waals surface area contributed by atoms with E-state index >= 15 is 0 Å². The number of rotatable bonds is 14. The molecule has 5 heterocycles. The number of aliphatic hydroxyl groups is 2. The van der Waals surface area contributed by atoms with Crippen molar-refractivity contribution in [3.05, 3.63) is 48.0 Å². The Morgan fingerprint density at radius 1 is 0.869 bits per heavy atom. The molecular formula is C49H75NO11. The van der Waals surface area contributed by atoms with E-state index in [0.717, 1.165) is 6.42 Å². The summed E-state index contributed by atoms with van der Waals surface area (Å²) in [6, 6.07) is 8.36. The number of carbonyl (C=O) groups excluding carboxylic acids is 2. The second-order valence-electron chi connectivity index (χ2n) is 19.8. The summed E-state index contributed by atoms with van der Waals surface area (Å²) in [6.07, 6.45) is 6.56. The van der Waals surface area contributed by atoms with E-state index in [4.69, 9.17) is 23.7 Å². The summed E-state index contributed by atoms with van der Waals surface area (Å²) < 4.78 is 34.6. The van der Waals surface area contributed by atoms with Crippen LogP contribution in [0.25, 0.3) is 0 Å². The summed E-state index contributed by atoms with van der Waals surface area (Å²) in [5.74, 6) is -6.27. The second-order valence-corrected chi connectivity index (χ2v) is 19.8. The maximum absolute atomic E-state index is 14.7. The number of aliphatic hydroxyl groups excluding tert-OH is 1. The van der Waals surface area contributed by atoms with Crippen LogP contribution in [0.3, 0.4) is 0 Å². The zero-order valence-electron chi connectivity index (χ0n) is 38.3. The number of hydrogen-bond acceptors (Lipinski definition) is 10. The molecule has 6 rings (SSSR count). The van der Waals surface area contributed by atoms with Gasteiger partial charge in [-0.3, -0.25) is 14.4 Å². The van der Waals surface area contributed by atoms with E-state index in [-0.39, 0.29) is 35.5 Å². The lowest BCUT2D eigenvalue weighted by molar-refractivity contribution is -0.397. The van der Waals surface area contributed by atoms with Gasteiger partial charge in [-0.1, -0.05) is 79.7 Å². The number of amides is 1. The Kier molecular flexibility index (Phi) is 14.7. The molecule has 4 N–H and O–H groups in total. The molecule has 18 atom stereocenters. The number of carbonyl (C=O) groups is 3. The molecule has 1 aromatic rings. The first kappa shape index (κ1) is 47.8. The van der Waals surface area contributed by atoms with E-state index in [2.05, 4.69) is 26.1 Å². The average molecular weight is 854 g/mol. The predicted octanol–water partition coefficient (Wildman–Crippen LogP) is 7.63. The van der Waals surface area contributed by atoms with Gasteiger partial charge in [0.2, 0.25) is 0 Å². The van der Waals surface area contributed by atoms with Crippen LogP contribution in [0.2, 0.25) is 0 Å². The number of carboxylic acids is 1. The van der Waals surface area contributed by atoms with Crippen LogP contribution in [-0.4, -0.2) is 98.4 Å². The number of aliphatic carboxylic acids is 1. The molecule has 5 aliphatic rings. The van der Waals surface area contributed by atoms with Crippen molar-refractivity contribution >= 4 is 17.7 Å². The number of hydrogen-bond donors (Lipinski definition) is 4. The van der Waals surface area contributed by atoms with Crippen molar-refractivity contribution in [1.29, 1.82) is 0 Å². The van der Waals surface area contributed by atoms with Gasteiger partial charge in [-0.05, 0) is 102 Å². The quantitative estimate of drug-likeness (QED) is 0.136. The molecule has 2 spiro atoms. The van der Waals surface area contributed by atoms with Gasteiger partial charge < -0.3 is 44.3 Å². The lowest BCUT2D eigenvalue weighted by Gasteiger charge is -2.55. The predicted molar refractivity (Wildman–Crippen MR) is 230 cm³/mol. The number of ketones is 1. The molecule has 4 saturated heterocycles. The van der Waals surface area contributed by atoms with Crippen LogP contribution >= 0.6 is 0 Å². The number of Topliss-reactive ketones (excluding diaryl/α,β-unsaturated/α-hetero) is 1. The fraction of sp³-hybridized carbons (Fsp3) is 0.776. The third-order valence-electron chi connectivity index (χ3n) is 15.8. The van der Waals surface area contributed by atoms with Gasteiger partial charge in [-0.2, -0.15) is 0 Å². The molecule has 0 aliphatic carbocycles. The molecule has 12 heteroatoms. The van der Waals surface area contributed by atoms with Gasteiger partial charge in [0.05, 0.1) is 53.7 Å². The van der Waals surface area contributed by atoms with Gasteiger partial charge in [-0.15, -0.1) is 0 Å². The lowest BCUT2D eigenvalue weighted by atomic mass is 9.72. The number of ether oxygens (including phenoxy) is 5. The van der Waals surface area contributed by atoms with Crippen molar-refractivity contribution in [2.24, 2.45) is 41.4 Å². The third kappa shape index (κ3) is 9.29. The Hall–Kier alpha value is -2.71. The Morgan fingerprint density at radius 3 is 2.18 bits per heavy atom. The van der Waals surface area contributed by atoms with Gasteiger partial charge >= 0.3 is 5.97 Å². The Labute approximate surface area is 363 Å². The first-order chi connectivity index (χ1) is 28.8. The molecule has 61 heavy (non-hydrogen) atoms. The second kappa shape index (κ2) is 18.8. The molecule has 0 bridgehead atoms. The molecular weight excluding hydrogens is 779 g/mol. The van der Waals surface area contributed by atoms with Crippen LogP contribution in [0, 0.1) is 41.4 Å². The minimum Gasteiger partial charge on any atom is -0.481 e. The number of carboxylic acid groups (broad SMARTS) is 1. The molecule has 4 fully saturated rings. The summed E-state index contributed by atoms with van der Waals surface area (Å²) >= 11 is 0. The molecule has 0 saturated carbocycles. The smallest absolute Gasteiger partial charge is 0.309 e. The van der Waals surface area contributed by atoms with Gasteiger partial charge in [0, 0.05) is 35.7 Å². The van der Waals surface area contributed by atoms with Gasteiger partial charge in [0.1, 0.15) is 11.8 Å². The summed E-state index contributed by atoms with van der Waals surface area (Å²) in [5.41, 5.74) is -1.20.